The molecule has 30 heavy (non-hydrogen) atoms. The van der Waals surface area contributed by atoms with E-state index in [0.29, 0.717) is 17.8 Å². The lowest BCUT2D eigenvalue weighted by Gasteiger charge is -2.29. The Bertz CT molecular complexity index is 1050. The van der Waals surface area contributed by atoms with Crippen LogP contribution in [0.25, 0.3) is 0 Å². The molecule has 1 unspecified atom stereocenters. The predicted molar refractivity (Wildman–Crippen MR) is 114 cm³/mol. The Balaban J connectivity index is 1.66. The molecule has 0 amide bonds. The van der Waals surface area contributed by atoms with Crippen molar-refractivity contribution in [1.29, 1.82) is 0 Å². The SMILES string of the molecule is CCCCN(c1ccccc1)P(=O)(O)OC[C@@H]1C=C[C@H](n2cc(C)c(=O)[nH]c2=O)O1. The summed E-state index contributed by atoms with van der Waals surface area (Å²) in [4.78, 5) is 36.4. The molecule has 10 heteroatoms. The van der Waals surface area contributed by atoms with E-state index < -0.39 is 31.3 Å². The van der Waals surface area contributed by atoms with Crippen LogP contribution in [0.5, 0.6) is 0 Å². The third kappa shape index (κ3) is 5.17. The first-order valence-electron chi connectivity index (χ1n) is 9.78. The number of aromatic nitrogens is 2. The Morgan fingerprint density at radius 3 is 2.70 bits per heavy atom. The van der Waals surface area contributed by atoms with Gasteiger partial charge in [0.15, 0.2) is 6.23 Å². The molecule has 2 N–H and O–H groups in total. The van der Waals surface area contributed by atoms with Crippen molar-refractivity contribution in [1.82, 2.24) is 9.55 Å². The van der Waals surface area contributed by atoms with E-state index in [2.05, 4.69) is 4.98 Å². The molecule has 9 nitrogen and oxygen atoms in total. The zero-order chi connectivity index (χ0) is 21.7. The van der Waals surface area contributed by atoms with E-state index in [-0.39, 0.29) is 6.61 Å². The number of benzene rings is 1. The summed E-state index contributed by atoms with van der Waals surface area (Å²) in [6.07, 6.45) is 4.98. The van der Waals surface area contributed by atoms with E-state index in [0.717, 1.165) is 12.8 Å². The first-order valence-corrected chi connectivity index (χ1v) is 11.3. The van der Waals surface area contributed by atoms with Crippen molar-refractivity contribution in [2.75, 3.05) is 17.8 Å². The van der Waals surface area contributed by atoms with Gasteiger partial charge in [-0.2, -0.15) is 0 Å². The van der Waals surface area contributed by atoms with Crippen LogP contribution in [0.4, 0.5) is 5.69 Å². The van der Waals surface area contributed by atoms with Crippen LogP contribution in [0.1, 0.15) is 31.6 Å². The Morgan fingerprint density at radius 1 is 1.27 bits per heavy atom. The molecule has 162 valence electrons. The third-order valence-corrected chi connectivity index (χ3v) is 6.24. The molecule has 0 radical (unpaired) electrons. The molecule has 1 aliphatic rings. The van der Waals surface area contributed by atoms with Gasteiger partial charge >= 0.3 is 13.4 Å². The average Bonchev–Trinajstić information content (AvgIpc) is 3.19. The summed E-state index contributed by atoms with van der Waals surface area (Å²) in [5, 5.41) is 0. The summed E-state index contributed by atoms with van der Waals surface area (Å²) < 4.78 is 26.7. The average molecular weight is 435 g/mol. The highest BCUT2D eigenvalue weighted by atomic mass is 31.2. The van der Waals surface area contributed by atoms with Crippen LogP contribution in [0, 0.1) is 6.92 Å². The minimum atomic E-state index is -4.12. The van der Waals surface area contributed by atoms with E-state index >= 15 is 0 Å². The van der Waals surface area contributed by atoms with Crippen molar-refractivity contribution < 1.29 is 18.7 Å². The lowest BCUT2D eigenvalue weighted by molar-refractivity contribution is -0.00730. The second-order valence-electron chi connectivity index (χ2n) is 7.03. The molecule has 1 aliphatic heterocycles. The van der Waals surface area contributed by atoms with Gasteiger partial charge in [0.2, 0.25) is 0 Å². The van der Waals surface area contributed by atoms with Crippen molar-refractivity contribution in [2.45, 2.75) is 39.0 Å². The van der Waals surface area contributed by atoms with Gasteiger partial charge in [-0.1, -0.05) is 37.6 Å². The number of ether oxygens (including phenoxy) is 1. The number of aryl methyl sites for hydroxylation is 1. The number of hydrogen-bond donors (Lipinski definition) is 2. The van der Waals surface area contributed by atoms with E-state index in [9.17, 15) is 19.0 Å². The van der Waals surface area contributed by atoms with Gasteiger partial charge in [0.25, 0.3) is 5.56 Å². The van der Waals surface area contributed by atoms with Crippen molar-refractivity contribution in [3.63, 3.8) is 0 Å². The summed E-state index contributed by atoms with van der Waals surface area (Å²) >= 11 is 0. The van der Waals surface area contributed by atoms with Crippen LogP contribution < -0.4 is 15.9 Å². The molecule has 0 aliphatic carbocycles. The summed E-state index contributed by atoms with van der Waals surface area (Å²) in [6, 6.07) is 8.95. The van der Waals surface area contributed by atoms with Gasteiger partial charge in [-0.25, -0.2) is 9.36 Å². The van der Waals surface area contributed by atoms with Gasteiger partial charge in [-0.3, -0.25) is 23.5 Å². The fraction of sp³-hybridized carbons (Fsp3) is 0.400. The minimum absolute atomic E-state index is 0.159. The zero-order valence-corrected chi connectivity index (χ0v) is 17.8. The number of para-hydroxylation sites is 1. The second kappa shape index (κ2) is 9.57. The Morgan fingerprint density at radius 2 is 2.00 bits per heavy atom. The van der Waals surface area contributed by atoms with Gasteiger partial charge in [0.05, 0.1) is 6.61 Å². The fourth-order valence-corrected chi connectivity index (χ4v) is 4.37. The van der Waals surface area contributed by atoms with Gasteiger partial charge in [0.1, 0.15) is 6.10 Å². The summed E-state index contributed by atoms with van der Waals surface area (Å²) in [7, 11) is -4.12. The number of aromatic amines is 1. The minimum Gasteiger partial charge on any atom is -0.344 e. The maximum Gasteiger partial charge on any atom is 0.432 e. The lowest BCUT2D eigenvalue weighted by atomic mass is 10.3. The molecule has 0 saturated heterocycles. The van der Waals surface area contributed by atoms with Crippen molar-refractivity contribution in [3.05, 3.63) is 75.1 Å². The van der Waals surface area contributed by atoms with Gasteiger partial charge < -0.3 is 9.63 Å². The number of anilines is 1. The van der Waals surface area contributed by atoms with Crippen LogP contribution in [-0.4, -0.2) is 33.7 Å². The van der Waals surface area contributed by atoms with E-state index in [1.165, 1.54) is 15.4 Å². The van der Waals surface area contributed by atoms with E-state index in [1.807, 2.05) is 13.0 Å². The van der Waals surface area contributed by atoms with Crippen molar-refractivity contribution in [3.8, 4) is 0 Å². The molecule has 0 saturated carbocycles. The molecule has 2 heterocycles. The number of nitrogens with zero attached hydrogens (tertiary/aromatic N) is 2. The largest absolute Gasteiger partial charge is 0.432 e. The van der Waals surface area contributed by atoms with Crippen LogP contribution in [0.15, 0.2) is 58.3 Å². The zero-order valence-electron chi connectivity index (χ0n) is 16.9. The number of rotatable bonds is 9. The summed E-state index contributed by atoms with van der Waals surface area (Å²) in [6.45, 7) is 3.81. The molecule has 1 aromatic carbocycles. The van der Waals surface area contributed by atoms with Crippen LogP contribution in [0.3, 0.4) is 0 Å². The van der Waals surface area contributed by atoms with Crippen molar-refractivity contribution in [2.24, 2.45) is 0 Å². The van der Waals surface area contributed by atoms with Crippen LogP contribution in [-0.2, 0) is 13.8 Å². The topological polar surface area (TPSA) is 114 Å². The molecule has 0 spiro atoms. The molecular weight excluding hydrogens is 409 g/mol. The highest BCUT2D eigenvalue weighted by Crippen LogP contribution is 2.49. The third-order valence-electron chi connectivity index (χ3n) is 4.71. The van der Waals surface area contributed by atoms with Crippen LogP contribution in [0.2, 0.25) is 0 Å². The Hall–Kier alpha value is -2.45. The standard InChI is InChI=1S/C20H26N3O6P/c1-3-4-12-23(16-8-6-5-7-9-16)30(26,27)28-14-17-10-11-18(29-17)22-13-15(2)19(24)21-20(22)25/h5-11,13,17-18H,3-4,12,14H2,1-2H3,(H,26,27)(H,21,24,25)/t17-,18+/m0/s1. The highest BCUT2D eigenvalue weighted by molar-refractivity contribution is 7.54. The number of unbranched alkanes of at least 4 members (excludes halogenated alkanes) is 1. The normalized spacial score (nSPS) is 20.2. The smallest absolute Gasteiger partial charge is 0.344 e. The van der Waals surface area contributed by atoms with Gasteiger partial charge in [-0.15, -0.1) is 0 Å². The first-order chi connectivity index (χ1) is 14.3. The van der Waals surface area contributed by atoms with Gasteiger partial charge in [0, 0.05) is 24.0 Å². The lowest BCUT2D eigenvalue weighted by Crippen LogP contribution is -2.33. The molecule has 0 bridgehead atoms. The Kier molecular flexibility index (Phi) is 7.10. The predicted octanol–water partition coefficient (Wildman–Crippen LogP) is 2.72. The van der Waals surface area contributed by atoms with Crippen molar-refractivity contribution >= 4 is 13.4 Å². The fourth-order valence-electron chi connectivity index (χ4n) is 3.07. The molecular formula is C20H26N3O6P. The van der Waals surface area contributed by atoms with E-state index in [1.54, 1.807) is 43.3 Å². The quantitative estimate of drug-likeness (QED) is 0.460. The molecule has 1 aromatic heterocycles. The summed E-state index contributed by atoms with van der Waals surface area (Å²) in [5.74, 6) is 0. The van der Waals surface area contributed by atoms with Crippen LogP contribution >= 0.6 is 7.75 Å². The van der Waals surface area contributed by atoms with Gasteiger partial charge in [-0.05, 0) is 31.6 Å². The van der Waals surface area contributed by atoms with E-state index in [4.69, 9.17) is 9.26 Å². The molecule has 3 rings (SSSR count). The maximum absolute atomic E-state index is 12.9. The monoisotopic (exact) mass is 435 g/mol. The number of nitrogens with one attached hydrogen (secondary N) is 1. The Labute approximate surface area is 174 Å². The number of hydrogen-bond acceptors (Lipinski definition) is 5. The maximum atomic E-state index is 12.9. The first kappa shape index (κ1) is 22.2. The number of H-pyrrole nitrogens is 1. The highest BCUT2D eigenvalue weighted by Gasteiger charge is 2.32. The molecule has 2 aromatic rings. The second-order valence-corrected chi connectivity index (χ2v) is 8.75. The molecule has 3 atom stereocenters. The summed E-state index contributed by atoms with van der Waals surface area (Å²) in [5.41, 5.74) is -0.0646. The molecule has 0 fully saturated rings.